The second-order valence-corrected chi connectivity index (χ2v) is 12.9. The van der Waals surface area contributed by atoms with E-state index in [1.54, 1.807) is 25.1 Å². The SMILES string of the molecule is CCC(C(=O)NC(C)(C)C)N(Cc1ccc(Cl)c(Cl)c1)C(=O)CN(c1cc(Cl)ccc1Cl)S(C)(=O)=O. The van der Waals surface area contributed by atoms with Gasteiger partial charge in [0.05, 0.1) is 27.0 Å². The summed E-state index contributed by atoms with van der Waals surface area (Å²) in [6, 6.07) is 8.31. The topological polar surface area (TPSA) is 86.8 Å². The highest BCUT2D eigenvalue weighted by molar-refractivity contribution is 7.92. The highest BCUT2D eigenvalue weighted by Gasteiger charge is 2.33. The van der Waals surface area contributed by atoms with Crippen LogP contribution >= 0.6 is 46.4 Å². The molecule has 7 nitrogen and oxygen atoms in total. The van der Waals surface area contributed by atoms with Crippen molar-refractivity contribution in [2.75, 3.05) is 17.1 Å². The lowest BCUT2D eigenvalue weighted by Crippen LogP contribution is -2.55. The summed E-state index contributed by atoms with van der Waals surface area (Å²) in [6.07, 6.45) is 1.25. The average molecular weight is 597 g/mol. The first-order chi connectivity index (χ1) is 16.5. The van der Waals surface area contributed by atoms with Crippen molar-refractivity contribution < 1.29 is 18.0 Å². The van der Waals surface area contributed by atoms with E-state index in [9.17, 15) is 18.0 Å². The van der Waals surface area contributed by atoms with Crippen molar-refractivity contribution in [2.24, 2.45) is 0 Å². The van der Waals surface area contributed by atoms with Crippen molar-refractivity contribution in [1.29, 1.82) is 0 Å². The Bertz CT molecular complexity index is 1230. The number of anilines is 1. The van der Waals surface area contributed by atoms with Gasteiger partial charge in [-0.1, -0.05) is 59.4 Å². The zero-order valence-corrected chi connectivity index (χ0v) is 24.5. The number of amides is 2. The highest BCUT2D eigenvalue weighted by Crippen LogP contribution is 2.31. The molecule has 0 saturated heterocycles. The Balaban J connectivity index is 2.53. The quantitative estimate of drug-likeness (QED) is 0.397. The van der Waals surface area contributed by atoms with Gasteiger partial charge in [0, 0.05) is 17.1 Å². The molecule has 0 aromatic heterocycles. The number of halogens is 4. The van der Waals surface area contributed by atoms with Crippen LogP contribution in [0.4, 0.5) is 5.69 Å². The molecular weight excluding hydrogens is 568 g/mol. The second kappa shape index (κ2) is 12.2. The molecule has 0 radical (unpaired) electrons. The predicted octanol–water partition coefficient (Wildman–Crippen LogP) is 5.79. The number of nitrogens with zero attached hydrogens (tertiary/aromatic N) is 2. The van der Waals surface area contributed by atoms with Crippen LogP contribution in [0.1, 0.15) is 39.7 Å². The fourth-order valence-corrected chi connectivity index (χ4v) is 5.09. The molecule has 0 aliphatic carbocycles. The lowest BCUT2D eigenvalue weighted by Gasteiger charge is -2.34. The third-order valence-electron chi connectivity index (χ3n) is 5.08. The van der Waals surface area contributed by atoms with E-state index in [1.807, 2.05) is 20.8 Å². The number of benzene rings is 2. The first-order valence-electron chi connectivity index (χ1n) is 11.0. The van der Waals surface area contributed by atoms with Crippen LogP contribution in [0.2, 0.25) is 20.1 Å². The molecule has 0 fully saturated rings. The standard InChI is InChI=1S/C24H29Cl4N3O4S/c1-6-20(23(33)29-24(2,3)4)30(13-15-7-9-17(26)19(28)11-15)22(32)14-31(36(5,34)35)21-12-16(25)8-10-18(21)27/h7-12,20H,6,13-14H2,1-5H3,(H,29,33). The fourth-order valence-electron chi connectivity index (χ4n) is 3.48. The number of hydrogen-bond acceptors (Lipinski definition) is 4. The molecule has 1 unspecified atom stereocenters. The average Bonchev–Trinajstić information content (AvgIpc) is 2.74. The Morgan fingerprint density at radius 3 is 2.11 bits per heavy atom. The zero-order chi connectivity index (χ0) is 27.4. The maximum absolute atomic E-state index is 13.7. The Morgan fingerprint density at radius 1 is 0.972 bits per heavy atom. The molecule has 2 aromatic rings. The summed E-state index contributed by atoms with van der Waals surface area (Å²) >= 11 is 24.5. The summed E-state index contributed by atoms with van der Waals surface area (Å²) in [7, 11) is -3.95. The molecular formula is C24H29Cl4N3O4S. The summed E-state index contributed by atoms with van der Waals surface area (Å²) in [4.78, 5) is 28.2. The van der Waals surface area contributed by atoms with E-state index in [4.69, 9.17) is 46.4 Å². The van der Waals surface area contributed by atoms with Crippen LogP contribution in [-0.2, 0) is 26.2 Å². The van der Waals surface area contributed by atoms with Crippen molar-refractivity contribution in [3.8, 4) is 0 Å². The Morgan fingerprint density at radius 2 is 1.58 bits per heavy atom. The van der Waals surface area contributed by atoms with Crippen LogP contribution in [0.5, 0.6) is 0 Å². The summed E-state index contributed by atoms with van der Waals surface area (Å²) in [6.45, 7) is 6.65. The number of carbonyl (C=O) groups is 2. The molecule has 0 spiro atoms. The van der Waals surface area contributed by atoms with Gasteiger partial charge in [-0.15, -0.1) is 0 Å². The molecule has 2 rings (SSSR count). The molecule has 0 aliphatic rings. The number of rotatable bonds is 9. The van der Waals surface area contributed by atoms with Crippen molar-refractivity contribution in [1.82, 2.24) is 10.2 Å². The van der Waals surface area contributed by atoms with E-state index in [-0.39, 0.29) is 39.6 Å². The summed E-state index contributed by atoms with van der Waals surface area (Å²) in [5, 5.41) is 3.88. The molecule has 1 atom stereocenters. The van der Waals surface area contributed by atoms with E-state index >= 15 is 0 Å². The molecule has 1 N–H and O–H groups in total. The first-order valence-corrected chi connectivity index (χ1v) is 14.4. The largest absolute Gasteiger partial charge is 0.350 e. The van der Waals surface area contributed by atoms with Gasteiger partial charge < -0.3 is 10.2 Å². The van der Waals surface area contributed by atoms with Crippen LogP contribution < -0.4 is 9.62 Å². The number of hydrogen-bond donors (Lipinski definition) is 1. The molecule has 0 bridgehead atoms. The van der Waals surface area contributed by atoms with Crippen LogP contribution in [0.3, 0.4) is 0 Å². The summed E-state index contributed by atoms with van der Waals surface area (Å²) in [5.74, 6) is -0.983. The van der Waals surface area contributed by atoms with Gasteiger partial charge in [0.15, 0.2) is 0 Å². The maximum Gasteiger partial charge on any atom is 0.244 e. The minimum Gasteiger partial charge on any atom is -0.350 e. The minimum absolute atomic E-state index is 0.00727. The molecule has 0 heterocycles. The Hall–Kier alpha value is -1.71. The number of carbonyl (C=O) groups excluding carboxylic acids is 2. The fraction of sp³-hybridized carbons (Fsp3) is 0.417. The van der Waals surface area contributed by atoms with E-state index in [1.165, 1.54) is 23.1 Å². The monoisotopic (exact) mass is 595 g/mol. The molecule has 12 heteroatoms. The van der Waals surface area contributed by atoms with E-state index in [0.29, 0.717) is 10.6 Å². The second-order valence-electron chi connectivity index (χ2n) is 9.30. The van der Waals surface area contributed by atoms with Crippen molar-refractivity contribution in [3.63, 3.8) is 0 Å². The van der Waals surface area contributed by atoms with E-state index in [2.05, 4.69) is 5.32 Å². The summed E-state index contributed by atoms with van der Waals surface area (Å²) in [5.41, 5.74) is 0.128. The van der Waals surface area contributed by atoms with Crippen molar-refractivity contribution in [2.45, 2.75) is 52.2 Å². The van der Waals surface area contributed by atoms with Gasteiger partial charge in [0.25, 0.3) is 0 Å². The minimum atomic E-state index is -3.95. The Labute approximate surface area is 232 Å². The molecule has 36 heavy (non-hydrogen) atoms. The normalized spacial score (nSPS) is 12.7. The lowest BCUT2D eigenvalue weighted by atomic mass is 10.1. The molecule has 0 aliphatic heterocycles. The number of nitrogens with one attached hydrogen (secondary N) is 1. The van der Waals surface area contributed by atoms with Crippen LogP contribution in [0, 0.1) is 0 Å². The van der Waals surface area contributed by atoms with Gasteiger partial charge in [-0.3, -0.25) is 13.9 Å². The molecule has 2 aromatic carbocycles. The van der Waals surface area contributed by atoms with Crippen molar-refractivity contribution in [3.05, 3.63) is 62.1 Å². The third-order valence-corrected chi connectivity index (χ3v) is 7.50. The molecule has 198 valence electrons. The van der Waals surface area contributed by atoms with Gasteiger partial charge in [-0.05, 0) is 63.1 Å². The smallest absolute Gasteiger partial charge is 0.244 e. The highest BCUT2D eigenvalue weighted by atomic mass is 35.5. The van der Waals surface area contributed by atoms with Crippen LogP contribution in [-0.4, -0.2) is 49.5 Å². The maximum atomic E-state index is 13.7. The molecule has 0 saturated carbocycles. The number of sulfonamides is 1. The van der Waals surface area contributed by atoms with Gasteiger partial charge in [0.2, 0.25) is 21.8 Å². The zero-order valence-electron chi connectivity index (χ0n) is 20.6. The molecule has 2 amide bonds. The van der Waals surface area contributed by atoms with E-state index < -0.39 is 34.1 Å². The lowest BCUT2D eigenvalue weighted by molar-refractivity contribution is -0.141. The van der Waals surface area contributed by atoms with Crippen LogP contribution in [0.15, 0.2) is 36.4 Å². The van der Waals surface area contributed by atoms with Gasteiger partial charge in [-0.25, -0.2) is 8.42 Å². The van der Waals surface area contributed by atoms with Crippen molar-refractivity contribution >= 4 is 73.9 Å². The van der Waals surface area contributed by atoms with Gasteiger partial charge in [-0.2, -0.15) is 0 Å². The summed E-state index contributed by atoms with van der Waals surface area (Å²) < 4.78 is 26.3. The van der Waals surface area contributed by atoms with Crippen LogP contribution in [0.25, 0.3) is 0 Å². The predicted molar refractivity (Wildman–Crippen MR) is 148 cm³/mol. The van der Waals surface area contributed by atoms with Gasteiger partial charge in [0.1, 0.15) is 12.6 Å². The van der Waals surface area contributed by atoms with Gasteiger partial charge >= 0.3 is 0 Å². The first kappa shape index (κ1) is 30.5. The Kier molecular flexibility index (Phi) is 10.4. The van der Waals surface area contributed by atoms with E-state index in [0.717, 1.165) is 10.6 Å². The third kappa shape index (κ3) is 8.42.